The summed E-state index contributed by atoms with van der Waals surface area (Å²) in [6.07, 6.45) is 2.37. The van der Waals surface area contributed by atoms with Gasteiger partial charge in [-0.05, 0) is 22.0 Å². The van der Waals surface area contributed by atoms with Crippen LogP contribution in [0.25, 0.3) is 10.6 Å². The average molecular weight is 273 g/mol. The Labute approximate surface area is 93.9 Å². The molecule has 0 atom stereocenters. The van der Waals surface area contributed by atoms with E-state index in [1.54, 1.807) is 17.5 Å². The molecule has 0 aromatic carbocycles. The van der Waals surface area contributed by atoms with Crippen molar-refractivity contribution >= 4 is 27.3 Å². The summed E-state index contributed by atoms with van der Waals surface area (Å²) in [5.74, 6) is 0.826. The Kier molecular flexibility index (Phi) is 3.00. The molecule has 0 saturated carbocycles. The molecule has 2 aromatic rings. The summed E-state index contributed by atoms with van der Waals surface area (Å²) in [7, 11) is 0. The van der Waals surface area contributed by atoms with Gasteiger partial charge in [0.15, 0.2) is 0 Å². The molecule has 2 aromatic heterocycles. The highest BCUT2D eigenvalue weighted by Crippen LogP contribution is 2.28. The molecule has 0 radical (unpaired) electrons. The van der Waals surface area contributed by atoms with Crippen LogP contribution in [0.2, 0.25) is 0 Å². The number of nitrogens with one attached hydrogen (secondary N) is 1. The number of imidazole rings is 1. The largest absolute Gasteiger partial charge is 0.396 e. The van der Waals surface area contributed by atoms with Crippen molar-refractivity contribution in [2.24, 2.45) is 0 Å². The lowest BCUT2D eigenvalue weighted by atomic mass is 10.4. The van der Waals surface area contributed by atoms with E-state index in [0.717, 1.165) is 20.9 Å². The smallest absolute Gasteiger partial charge is 0.108 e. The van der Waals surface area contributed by atoms with Crippen LogP contribution < -0.4 is 0 Å². The van der Waals surface area contributed by atoms with Gasteiger partial charge in [-0.2, -0.15) is 0 Å². The Morgan fingerprint density at radius 1 is 1.57 bits per heavy atom. The quantitative estimate of drug-likeness (QED) is 0.902. The third kappa shape index (κ3) is 2.05. The number of hydrogen-bond acceptors (Lipinski definition) is 3. The molecule has 0 saturated heterocycles. The maximum absolute atomic E-state index is 8.74. The third-order valence-electron chi connectivity index (χ3n) is 1.81. The monoisotopic (exact) mass is 272 g/mol. The number of hydrogen-bond donors (Lipinski definition) is 2. The number of halogens is 1. The number of rotatable bonds is 3. The molecule has 0 bridgehead atoms. The molecule has 3 nitrogen and oxygen atoms in total. The SMILES string of the molecule is OCCc1ncc(-c2cc(Br)cs2)[nH]1. The van der Waals surface area contributed by atoms with Crippen LogP contribution in [0.15, 0.2) is 22.1 Å². The predicted octanol–water partition coefficient (Wildman–Crippen LogP) is 2.44. The number of aromatic nitrogens is 2. The minimum Gasteiger partial charge on any atom is -0.396 e. The summed E-state index contributed by atoms with van der Waals surface area (Å²) >= 11 is 5.06. The number of aromatic amines is 1. The van der Waals surface area contributed by atoms with Crippen molar-refractivity contribution in [3.8, 4) is 10.6 Å². The van der Waals surface area contributed by atoms with Gasteiger partial charge in [0.1, 0.15) is 5.82 Å². The lowest BCUT2D eigenvalue weighted by molar-refractivity contribution is 0.297. The second kappa shape index (κ2) is 4.25. The molecule has 14 heavy (non-hydrogen) atoms. The zero-order valence-corrected chi connectivity index (χ0v) is 9.73. The fraction of sp³-hybridized carbons (Fsp3) is 0.222. The molecule has 0 aliphatic heterocycles. The summed E-state index contributed by atoms with van der Waals surface area (Å²) in [4.78, 5) is 8.48. The topological polar surface area (TPSA) is 48.9 Å². The zero-order chi connectivity index (χ0) is 9.97. The van der Waals surface area contributed by atoms with Gasteiger partial charge in [0.25, 0.3) is 0 Å². The van der Waals surface area contributed by atoms with E-state index in [9.17, 15) is 0 Å². The summed E-state index contributed by atoms with van der Waals surface area (Å²) in [6.45, 7) is 0.126. The molecule has 0 unspecified atom stereocenters. The minimum atomic E-state index is 0.126. The number of nitrogens with zero attached hydrogens (tertiary/aromatic N) is 1. The maximum atomic E-state index is 8.74. The first kappa shape index (κ1) is 9.89. The van der Waals surface area contributed by atoms with Crippen LogP contribution in [-0.4, -0.2) is 21.7 Å². The molecule has 0 fully saturated rings. The molecular weight excluding hydrogens is 264 g/mol. The Hall–Kier alpha value is -0.650. The van der Waals surface area contributed by atoms with E-state index < -0.39 is 0 Å². The molecule has 5 heteroatoms. The lowest BCUT2D eigenvalue weighted by Crippen LogP contribution is -1.92. The van der Waals surface area contributed by atoms with E-state index >= 15 is 0 Å². The highest BCUT2D eigenvalue weighted by molar-refractivity contribution is 9.10. The molecule has 2 heterocycles. The molecule has 2 N–H and O–H groups in total. The molecule has 0 spiro atoms. The fourth-order valence-electron chi connectivity index (χ4n) is 1.17. The van der Waals surface area contributed by atoms with Gasteiger partial charge in [-0.1, -0.05) is 0 Å². The summed E-state index contributed by atoms with van der Waals surface area (Å²) in [6, 6.07) is 2.04. The van der Waals surface area contributed by atoms with Crippen LogP contribution >= 0.6 is 27.3 Å². The molecule has 0 aliphatic rings. The van der Waals surface area contributed by atoms with Gasteiger partial charge < -0.3 is 10.1 Å². The number of thiophene rings is 1. The van der Waals surface area contributed by atoms with Crippen molar-refractivity contribution in [2.75, 3.05) is 6.61 Å². The second-order valence-corrected chi connectivity index (χ2v) is 4.67. The van der Waals surface area contributed by atoms with Crippen molar-refractivity contribution in [1.29, 1.82) is 0 Å². The first-order valence-electron chi connectivity index (χ1n) is 4.19. The van der Waals surface area contributed by atoms with Gasteiger partial charge in [-0.15, -0.1) is 11.3 Å². The van der Waals surface area contributed by atoms with Crippen LogP contribution in [-0.2, 0) is 6.42 Å². The molecule has 2 rings (SSSR count). The van der Waals surface area contributed by atoms with Gasteiger partial charge >= 0.3 is 0 Å². The van der Waals surface area contributed by atoms with Gasteiger partial charge in [0.2, 0.25) is 0 Å². The second-order valence-electron chi connectivity index (χ2n) is 2.85. The van der Waals surface area contributed by atoms with E-state index in [0.29, 0.717) is 6.42 Å². The number of H-pyrrole nitrogens is 1. The van der Waals surface area contributed by atoms with E-state index in [4.69, 9.17) is 5.11 Å². The minimum absolute atomic E-state index is 0.126. The van der Waals surface area contributed by atoms with Crippen LogP contribution in [0, 0.1) is 0 Å². The Bertz CT molecular complexity index is 424. The molecular formula is C9H9BrN2OS. The highest BCUT2D eigenvalue weighted by atomic mass is 79.9. The van der Waals surface area contributed by atoms with E-state index in [1.165, 1.54) is 0 Å². The number of aliphatic hydroxyl groups excluding tert-OH is 1. The van der Waals surface area contributed by atoms with Crippen molar-refractivity contribution in [1.82, 2.24) is 9.97 Å². The van der Waals surface area contributed by atoms with E-state index in [1.807, 2.05) is 11.4 Å². The lowest BCUT2D eigenvalue weighted by Gasteiger charge is -1.90. The first-order chi connectivity index (χ1) is 6.79. The van der Waals surface area contributed by atoms with Crippen molar-refractivity contribution in [3.05, 3.63) is 27.9 Å². The molecule has 0 amide bonds. The van der Waals surface area contributed by atoms with E-state index in [-0.39, 0.29) is 6.61 Å². The zero-order valence-electron chi connectivity index (χ0n) is 7.33. The fourth-order valence-corrected chi connectivity index (χ4v) is 2.57. The van der Waals surface area contributed by atoms with Crippen LogP contribution in [0.5, 0.6) is 0 Å². The van der Waals surface area contributed by atoms with Crippen LogP contribution in [0.1, 0.15) is 5.82 Å². The van der Waals surface area contributed by atoms with Crippen molar-refractivity contribution in [2.45, 2.75) is 6.42 Å². The van der Waals surface area contributed by atoms with Gasteiger partial charge in [-0.25, -0.2) is 4.98 Å². The summed E-state index contributed by atoms with van der Waals surface area (Å²) in [5, 5.41) is 10.8. The van der Waals surface area contributed by atoms with Crippen molar-refractivity contribution in [3.63, 3.8) is 0 Å². The highest BCUT2D eigenvalue weighted by Gasteiger charge is 2.04. The maximum Gasteiger partial charge on any atom is 0.108 e. The van der Waals surface area contributed by atoms with E-state index in [2.05, 4.69) is 25.9 Å². The number of aliphatic hydroxyl groups is 1. The predicted molar refractivity (Wildman–Crippen MR) is 60.4 cm³/mol. The normalized spacial score (nSPS) is 10.7. The van der Waals surface area contributed by atoms with Crippen LogP contribution in [0.4, 0.5) is 0 Å². The Morgan fingerprint density at radius 2 is 2.43 bits per heavy atom. The standard InChI is InChI=1S/C9H9BrN2OS/c10-6-3-8(14-5-6)7-4-11-9(12-7)1-2-13/h3-5,13H,1-2H2,(H,11,12). The first-order valence-corrected chi connectivity index (χ1v) is 5.86. The van der Waals surface area contributed by atoms with Crippen molar-refractivity contribution < 1.29 is 5.11 Å². The van der Waals surface area contributed by atoms with Gasteiger partial charge in [0, 0.05) is 16.3 Å². The summed E-state index contributed by atoms with van der Waals surface area (Å²) < 4.78 is 1.08. The summed E-state index contributed by atoms with van der Waals surface area (Å²) in [5.41, 5.74) is 1.00. The van der Waals surface area contributed by atoms with Gasteiger partial charge in [0.05, 0.1) is 23.4 Å². The van der Waals surface area contributed by atoms with Gasteiger partial charge in [-0.3, -0.25) is 0 Å². The Morgan fingerprint density at radius 3 is 3.07 bits per heavy atom. The van der Waals surface area contributed by atoms with Crippen LogP contribution in [0.3, 0.4) is 0 Å². The Balaban J connectivity index is 2.24. The molecule has 0 aliphatic carbocycles. The molecule has 74 valence electrons. The average Bonchev–Trinajstić information content (AvgIpc) is 2.74. The third-order valence-corrected chi connectivity index (χ3v) is 3.53.